The van der Waals surface area contributed by atoms with E-state index in [2.05, 4.69) is 20.8 Å². The molecule has 0 aliphatic rings. The summed E-state index contributed by atoms with van der Waals surface area (Å²) in [6.45, 7) is 5.16. The second-order valence-electron chi connectivity index (χ2n) is 8.63. The summed E-state index contributed by atoms with van der Waals surface area (Å²) in [6.07, 6.45) is -2.47. The largest absolute Gasteiger partial charge is 0.490 e. The van der Waals surface area contributed by atoms with Gasteiger partial charge in [0.15, 0.2) is 0 Å². The Balaban J connectivity index is 0.000000638. The summed E-state index contributed by atoms with van der Waals surface area (Å²) in [7, 11) is 0. The van der Waals surface area contributed by atoms with Gasteiger partial charge in [-0.25, -0.2) is 14.0 Å². The second-order valence-corrected chi connectivity index (χ2v) is 8.63. The van der Waals surface area contributed by atoms with Gasteiger partial charge in [0.05, 0.1) is 0 Å². The standard InChI is InChI=1S/C22H23FN4O4.C2HF3O2/c1-22(2,3)30-21(29)25-18(12-14-4-6-16(23)7-5-14)20(28)26-19-13-17(27-31-19)15-8-10-24-11-9-15;3-2(4,5)1(6)7/h4-11,13,18H,12H2,1-3H3,(H,25,29)(H,26,28);(H,6,7)/t18-;/m0./s1. The number of pyridine rings is 1. The first-order valence-electron chi connectivity index (χ1n) is 10.9. The number of nitrogens with zero attached hydrogens (tertiary/aromatic N) is 2. The van der Waals surface area contributed by atoms with Gasteiger partial charge in [-0.3, -0.25) is 15.1 Å². The van der Waals surface area contributed by atoms with E-state index in [4.69, 9.17) is 19.2 Å². The van der Waals surface area contributed by atoms with E-state index in [1.807, 2.05) is 0 Å². The summed E-state index contributed by atoms with van der Waals surface area (Å²) in [6, 6.07) is 9.75. The number of alkyl halides is 3. The van der Waals surface area contributed by atoms with Crippen LogP contribution in [-0.2, 0) is 20.7 Å². The van der Waals surface area contributed by atoms with Crippen molar-refractivity contribution < 1.29 is 46.3 Å². The number of nitrogens with one attached hydrogen (secondary N) is 2. The van der Waals surface area contributed by atoms with Gasteiger partial charge in [0.25, 0.3) is 0 Å². The summed E-state index contributed by atoms with van der Waals surface area (Å²) < 4.78 is 55.4. The Kier molecular flexibility index (Phi) is 9.90. The van der Waals surface area contributed by atoms with E-state index < -0.39 is 41.6 Å². The zero-order valence-electron chi connectivity index (χ0n) is 20.4. The minimum absolute atomic E-state index is 0.118. The number of carbonyl (C=O) groups is 3. The third-order valence-corrected chi connectivity index (χ3v) is 4.34. The van der Waals surface area contributed by atoms with E-state index in [1.54, 1.807) is 63.5 Å². The molecule has 3 N–H and O–H groups in total. The van der Waals surface area contributed by atoms with Crippen LogP contribution in [0.25, 0.3) is 11.3 Å². The molecule has 2 aromatic heterocycles. The van der Waals surface area contributed by atoms with Gasteiger partial charge in [0.1, 0.15) is 23.2 Å². The number of halogens is 4. The van der Waals surface area contributed by atoms with Gasteiger partial charge in [-0.1, -0.05) is 17.3 Å². The lowest BCUT2D eigenvalue weighted by atomic mass is 10.1. The first-order chi connectivity index (χ1) is 17.6. The lowest BCUT2D eigenvalue weighted by Gasteiger charge is -2.23. The molecule has 2 amide bonds. The number of alkyl carbamates (subject to hydrolysis) is 1. The van der Waals surface area contributed by atoms with E-state index in [0.717, 1.165) is 5.56 Å². The molecule has 0 bridgehead atoms. The number of ether oxygens (including phenoxy) is 1. The molecule has 0 radical (unpaired) electrons. The van der Waals surface area contributed by atoms with Crippen molar-refractivity contribution in [1.82, 2.24) is 15.5 Å². The van der Waals surface area contributed by atoms with Crippen molar-refractivity contribution >= 4 is 23.9 Å². The van der Waals surface area contributed by atoms with Crippen molar-refractivity contribution in [3.05, 3.63) is 66.2 Å². The minimum Gasteiger partial charge on any atom is -0.475 e. The average Bonchev–Trinajstić information content (AvgIpc) is 3.27. The molecular weight excluding hydrogens is 516 g/mol. The normalized spacial score (nSPS) is 12.0. The number of carbonyl (C=O) groups excluding carboxylic acids is 2. The number of rotatable bonds is 6. The molecule has 0 saturated heterocycles. The SMILES string of the molecule is CC(C)(C)OC(=O)N[C@@H](Cc1ccc(F)cc1)C(=O)Nc1cc(-c2ccncc2)no1.O=C(O)C(F)(F)F. The zero-order chi connectivity index (χ0) is 28.5. The third kappa shape index (κ3) is 10.2. The molecule has 2 heterocycles. The fraction of sp³-hybridized carbons (Fsp3) is 0.292. The second kappa shape index (κ2) is 12.7. The molecule has 3 aromatic rings. The van der Waals surface area contributed by atoms with Crippen LogP contribution >= 0.6 is 0 Å². The number of hydrogen-bond acceptors (Lipinski definition) is 7. The molecule has 0 unspecified atom stereocenters. The molecule has 1 aromatic carbocycles. The van der Waals surface area contributed by atoms with Crippen LogP contribution in [0.5, 0.6) is 0 Å². The van der Waals surface area contributed by atoms with Crippen LogP contribution in [0.15, 0.2) is 59.4 Å². The highest BCUT2D eigenvalue weighted by molar-refractivity contribution is 5.96. The van der Waals surface area contributed by atoms with Gasteiger partial charge in [-0.2, -0.15) is 13.2 Å². The first-order valence-corrected chi connectivity index (χ1v) is 10.9. The molecule has 10 nitrogen and oxygen atoms in total. The van der Waals surface area contributed by atoms with Gasteiger partial charge in [-0.05, 0) is 50.6 Å². The summed E-state index contributed by atoms with van der Waals surface area (Å²) >= 11 is 0. The molecule has 0 spiro atoms. The van der Waals surface area contributed by atoms with Crippen LogP contribution < -0.4 is 10.6 Å². The summed E-state index contributed by atoms with van der Waals surface area (Å²) in [5.41, 5.74) is 1.22. The minimum atomic E-state index is -5.08. The molecule has 204 valence electrons. The summed E-state index contributed by atoms with van der Waals surface area (Å²) in [5.74, 6) is -3.57. The maximum atomic E-state index is 13.2. The van der Waals surface area contributed by atoms with Gasteiger partial charge in [-0.15, -0.1) is 0 Å². The highest BCUT2D eigenvalue weighted by Gasteiger charge is 2.38. The Morgan fingerprint density at radius 2 is 1.63 bits per heavy atom. The van der Waals surface area contributed by atoms with E-state index in [0.29, 0.717) is 11.3 Å². The van der Waals surface area contributed by atoms with Crippen LogP contribution in [-0.4, -0.2) is 51.0 Å². The number of hydrogen-bond donors (Lipinski definition) is 3. The van der Waals surface area contributed by atoms with E-state index in [1.165, 1.54) is 12.1 Å². The van der Waals surface area contributed by atoms with E-state index in [9.17, 15) is 27.2 Å². The van der Waals surface area contributed by atoms with Crippen LogP contribution in [0.3, 0.4) is 0 Å². The predicted octanol–water partition coefficient (Wildman–Crippen LogP) is 4.58. The summed E-state index contributed by atoms with van der Waals surface area (Å²) in [4.78, 5) is 38.0. The van der Waals surface area contributed by atoms with Crippen LogP contribution in [0.4, 0.5) is 28.2 Å². The third-order valence-electron chi connectivity index (χ3n) is 4.34. The van der Waals surface area contributed by atoms with E-state index in [-0.39, 0.29) is 12.3 Å². The number of aromatic nitrogens is 2. The summed E-state index contributed by atoms with van der Waals surface area (Å²) in [5, 5.41) is 16.2. The number of amides is 2. The number of benzene rings is 1. The molecule has 0 aliphatic carbocycles. The van der Waals surface area contributed by atoms with Crippen LogP contribution in [0.2, 0.25) is 0 Å². The predicted molar refractivity (Wildman–Crippen MR) is 125 cm³/mol. The monoisotopic (exact) mass is 540 g/mol. The number of anilines is 1. The van der Waals surface area contributed by atoms with Crippen molar-refractivity contribution in [3.63, 3.8) is 0 Å². The molecule has 38 heavy (non-hydrogen) atoms. The number of carboxylic acid groups (broad SMARTS) is 1. The Morgan fingerprint density at radius 1 is 1.05 bits per heavy atom. The van der Waals surface area contributed by atoms with Crippen molar-refractivity contribution in [2.45, 2.75) is 45.0 Å². The van der Waals surface area contributed by atoms with Crippen molar-refractivity contribution in [2.24, 2.45) is 0 Å². The lowest BCUT2D eigenvalue weighted by Crippen LogP contribution is -2.47. The van der Waals surface area contributed by atoms with Crippen molar-refractivity contribution in [3.8, 4) is 11.3 Å². The van der Waals surface area contributed by atoms with Gasteiger partial charge < -0.3 is 19.7 Å². The van der Waals surface area contributed by atoms with Gasteiger partial charge in [0, 0.05) is 30.4 Å². The first kappa shape index (κ1) is 29.7. The van der Waals surface area contributed by atoms with Gasteiger partial charge in [0.2, 0.25) is 11.8 Å². The molecule has 14 heteroatoms. The molecule has 1 atom stereocenters. The topological polar surface area (TPSA) is 144 Å². The zero-order valence-corrected chi connectivity index (χ0v) is 20.4. The highest BCUT2D eigenvalue weighted by atomic mass is 19.4. The molecule has 3 rings (SSSR count). The molecule has 0 saturated carbocycles. The Morgan fingerprint density at radius 3 is 2.16 bits per heavy atom. The molecule has 0 fully saturated rings. The Bertz CT molecular complexity index is 1230. The maximum absolute atomic E-state index is 13.2. The van der Waals surface area contributed by atoms with E-state index >= 15 is 0 Å². The quantitative estimate of drug-likeness (QED) is 0.386. The average molecular weight is 540 g/mol. The molecule has 0 aliphatic heterocycles. The fourth-order valence-corrected chi connectivity index (χ4v) is 2.72. The Labute approximate surface area is 214 Å². The highest BCUT2D eigenvalue weighted by Crippen LogP contribution is 2.21. The lowest BCUT2D eigenvalue weighted by molar-refractivity contribution is -0.192. The molecular formula is C24H24F4N4O6. The Hall–Kier alpha value is -4.49. The van der Waals surface area contributed by atoms with Crippen LogP contribution in [0.1, 0.15) is 26.3 Å². The van der Waals surface area contributed by atoms with Crippen LogP contribution in [0, 0.1) is 5.82 Å². The smallest absolute Gasteiger partial charge is 0.475 e. The maximum Gasteiger partial charge on any atom is 0.490 e. The fourth-order valence-electron chi connectivity index (χ4n) is 2.72. The number of aliphatic carboxylic acids is 1. The number of carboxylic acids is 1. The van der Waals surface area contributed by atoms with Crippen molar-refractivity contribution in [1.29, 1.82) is 0 Å². The van der Waals surface area contributed by atoms with Crippen molar-refractivity contribution in [2.75, 3.05) is 5.32 Å². The van der Waals surface area contributed by atoms with Gasteiger partial charge >= 0.3 is 18.2 Å².